The quantitative estimate of drug-likeness (QED) is 0.789. The summed E-state index contributed by atoms with van der Waals surface area (Å²) >= 11 is 0. The predicted molar refractivity (Wildman–Crippen MR) is 66.2 cm³/mol. The molecule has 1 aromatic rings. The molecule has 1 aromatic carbocycles. The Morgan fingerprint density at radius 1 is 1.44 bits per heavy atom. The molecule has 1 heterocycles. The minimum Gasteiger partial charge on any atom is -0.478 e. The molecule has 1 aliphatic heterocycles. The van der Waals surface area contributed by atoms with Crippen LogP contribution in [0.3, 0.4) is 0 Å². The van der Waals surface area contributed by atoms with Crippen LogP contribution in [0.2, 0.25) is 0 Å². The van der Waals surface area contributed by atoms with E-state index < -0.39 is 11.8 Å². The molecule has 3 rings (SSSR count). The zero-order valence-electron chi connectivity index (χ0n) is 9.90. The van der Waals surface area contributed by atoms with E-state index in [0.717, 1.165) is 25.5 Å². The first-order chi connectivity index (χ1) is 8.56. The van der Waals surface area contributed by atoms with Crippen LogP contribution in [0.1, 0.15) is 29.6 Å². The van der Waals surface area contributed by atoms with Gasteiger partial charge in [0.25, 0.3) is 0 Å². The van der Waals surface area contributed by atoms with E-state index in [1.165, 1.54) is 12.5 Å². The maximum absolute atomic E-state index is 14.0. The van der Waals surface area contributed by atoms with Crippen molar-refractivity contribution in [1.82, 2.24) is 0 Å². The van der Waals surface area contributed by atoms with Gasteiger partial charge in [0.05, 0.1) is 11.3 Å². The highest BCUT2D eigenvalue weighted by Crippen LogP contribution is 2.41. The van der Waals surface area contributed by atoms with E-state index in [-0.39, 0.29) is 11.3 Å². The fourth-order valence-corrected chi connectivity index (χ4v) is 3.20. The monoisotopic (exact) mass is 250 g/mol. The maximum Gasteiger partial charge on any atom is 0.337 e. The van der Waals surface area contributed by atoms with Gasteiger partial charge in [-0.25, -0.2) is 9.18 Å². The van der Waals surface area contributed by atoms with E-state index in [1.807, 2.05) is 4.90 Å². The number of piperidine rings is 1. The van der Waals surface area contributed by atoms with Crippen molar-refractivity contribution in [3.8, 4) is 0 Å². The van der Waals surface area contributed by atoms with Crippen molar-refractivity contribution in [2.24, 2.45) is 5.92 Å². The van der Waals surface area contributed by atoms with Gasteiger partial charge < -0.3 is 15.7 Å². The Labute approximate surface area is 104 Å². The van der Waals surface area contributed by atoms with Crippen molar-refractivity contribution in [1.29, 1.82) is 0 Å². The topological polar surface area (TPSA) is 66.6 Å². The molecule has 2 atom stereocenters. The Morgan fingerprint density at radius 2 is 2.22 bits per heavy atom. The zero-order valence-corrected chi connectivity index (χ0v) is 9.90. The summed E-state index contributed by atoms with van der Waals surface area (Å²) in [4.78, 5) is 13.0. The van der Waals surface area contributed by atoms with Gasteiger partial charge in [-0.2, -0.15) is 0 Å². The highest BCUT2D eigenvalue weighted by Gasteiger charge is 2.39. The summed E-state index contributed by atoms with van der Waals surface area (Å²) in [5, 5.41) is 9.03. The Bertz CT molecular complexity index is 518. The molecule has 96 valence electrons. The molecule has 4 nitrogen and oxygen atoms in total. The third kappa shape index (κ3) is 1.62. The van der Waals surface area contributed by atoms with Crippen LogP contribution >= 0.6 is 0 Å². The second-order valence-corrected chi connectivity index (χ2v) is 5.18. The van der Waals surface area contributed by atoms with Crippen LogP contribution in [0.4, 0.5) is 15.8 Å². The lowest BCUT2D eigenvalue weighted by atomic mass is 10.1. The molecular formula is C13H15FN2O2. The number of hydrogen-bond acceptors (Lipinski definition) is 3. The van der Waals surface area contributed by atoms with Crippen LogP contribution in [0.15, 0.2) is 12.1 Å². The summed E-state index contributed by atoms with van der Waals surface area (Å²) in [6.45, 7) is 0.824. The molecule has 5 heteroatoms. The number of benzene rings is 1. The van der Waals surface area contributed by atoms with E-state index in [9.17, 15) is 9.18 Å². The van der Waals surface area contributed by atoms with Crippen molar-refractivity contribution in [2.75, 3.05) is 17.2 Å². The summed E-state index contributed by atoms with van der Waals surface area (Å²) in [6, 6.07) is 2.84. The highest BCUT2D eigenvalue weighted by molar-refractivity contribution is 5.95. The van der Waals surface area contributed by atoms with Gasteiger partial charge in [-0.15, -0.1) is 0 Å². The van der Waals surface area contributed by atoms with Crippen LogP contribution in [0, 0.1) is 11.7 Å². The summed E-state index contributed by atoms with van der Waals surface area (Å²) < 4.78 is 14.0. The number of anilines is 2. The van der Waals surface area contributed by atoms with E-state index in [1.54, 1.807) is 0 Å². The fraction of sp³-hybridized carbons (Fsp3) is 0.462. The number of nitrogens with zero attached hydrogens (tertiary/aromatic N) is 1. The lowest BCUT2D eigenvalue weighted by Crippen LogP contribution is -2.32. The van der Waals surface area contributed by atoms with Gasteiger partial charge in [-0.3, -0.25) is 0 Å². The minimum atomic E-state index is -1.11. The molecule has 0 aromatic heterocycles. The number of nitrogens with two attached hydrogens (primary N) is 1. The summed E-state index contributed by atoms with van der Waals surface area (Å²) in [7, 11) is 0. The van der Waals surface area contributed by atoms with E-state index >= 15 is 0 Å². The van der Waals surface area contributed by atoms with Crippen molar-refractivity contribution in [3.05, 3.63) is 23.5 Å². The second kappa shape index (κ2) is 3.86. The molecule has 1 saturated heterocycles. The average molecular weight is 250 g/mol. The van der Waals surface area contributed by atoms with Gasteiger partial charge in [-0.05, 0) is 37.3 Å². The van der Waals surface area contributed by atoms with Gasteiger partial charge >= 0.3 is 5.97 Å². The van der Waals surface area contributed by atoms with Crippen LogP contribution in [-0.2, 0) is 0 Å². The number of halogens is 1. The number of aromatic carboxylic acids is 1. The number of hydrogen-bond donors (Lipinski definition) is 2. The average Bonchev–Trinajstić information content (AvgIpc) is 2.90. The molecule has 2 unspecified atom stereocenters. The summed E-state index contributed by atoms with van der Waals surface area (Å²) in [5.74, 6) is -0.914. The number of rotatable bonds is 2. The largest absolute Gasteiger partial charge is 0.478 e. The number of carboxylic acids is 1. The van der Waals surface area contributed by atoms with E-state index in [0.29, 0.717) is 17.6 Å². The molecular weight excluding hydrogens is 235 g/mol. The number of carboxylic acid groups (broad SMARTS) is 1. The first-order valence-corrected chi connectivity index (χ1v) is 6.15. The first-order valence-electron chi connectivity index (χ1n) is 6.15. The standard InChI is InChI=1S/C13H15FN2O2/c14-10-5-11(15)9(13(17)18)4-12(10)16-6-7-1-2-8(16)3-7/h4-5,7-8H,1-3,6,15H2,(H,17,18). The van der Waals surface area contributed by atoms with Crippen molar-refractivity contribution in [3.63, 3.8) is 0 Å². The second-order valence-electron chi connectivity index (χ2n) is 5.18. The molecule has 3 N–H and O–H groups in total. The maximum atomic E-state index is 14.0. The highest BCUT2D eigenvalue weighted by atomic mass is 19.1. The molecule has 0 amide bonds. The molecule has 1 saturated carbocycles. The molecule has 2 aliphatic rings. The number of fused-ring (bicyclic) bond motifs is 2. The van der Waals surface area contributed by atoms with Crippen molar-refractivity contribution < 1.29 is 14.3 Å². The lowest BCUT2D eigenvalue weighted by Gasteiger charge is -2.29. The third-order valence-electron chi connectivity index (χ3n) is 4.07. The molecule has 1 aliphatic carbocycles. The Hall–Kier alpha value is -1.78. The SMILES string of the molecule is Nc1cc(F)c(N2CC3CCC2C3)cc1C(=O)O. The normalized spacial score (nSPS) is 25.7. The smallest absolute Gasteiger partial charge is 0.337 e. The Morgan fingerprint density at radius 3 is 2.78 bits per heavy atom. The fourth-order valence-electron chi connectivity index (χ4n) is 3.20. The molecule has 18 heavy (non-hydrogen) atoms. The number of carbonyl (C=O) groups is 1. The van der Waals surface area contributed by atoms with Gasteiger partial charge in [0.15, 0.2) is 0 Å². The van der Waals surface area contributed by atoms with Gasteiger partial charge in [0.2, 0.25) is 0 Å². The summed E-state index contributed by atoms with van der Waals surface area (Å²) in [5.41, 5.74) is 5.87. The van der Waals surface area contributed by atoms with Crippen LogP contribution in [0.25, 0.3) is 0 Å². The van der Waals surface area contributed by atoms with E-state index in [2.05, 4.69) is 0 Å². The molecule has 2 bridgehead atoms. The van der Waals surface area contributed by atoms with Crippen LogP contribution < -0.4 is 10.6 Å². The van der Waals surface area contributed by atoms with Gasteiger partial charge in [-0.1, -0.05) is 0 Å². The predicted octanol–water partition coefficient (Wildman–Crippen LogP) is 2.09. The van der Waals surface area contributed by atoms with Gasteiger partial charge in [0, 0.05) is 18.3 Å². The van der Waals surface area contributed by atoms with E-state index in [4.69, 9.17) is 10.8 Å². The lowest BCUT2D eigenvalue weighted by molar-refractivity contribution is 0.0698. The zero-order chi connectivity index (χ0) is 12.9. The first kappa shape index (κ1) is 11.3. The Kier molecular flexibility index (Phi) is 2.43. The van der Waals surface area contributed by atoms with Crippen LogP contribution in [0.5, 0.6) is 0 Å². The summed E-state index contributed by atoms with van der Waals surface area (Å²) in [6.07, 6.45) is 3.35. The van der Waals surface area contributed by atoms with Gasteiger partial charge in [0.1, 0.15) is 5.82 Å². The van der Waals surface area contributed by atoms with Crippen LogP contribution in [-0.4, -0.2) is 23.7 Å². The molecule has 0 radical (unpaired) electrons. The Balaban J connectivity index is 2.01. The molecule has 2 fully saturated rings. The number of nitrogen functional groups attached to an aromatic ring is 1. The van der Waals surface area contributed by atoms with Crippen molar-refractivity contribution >= 4 is 17.3 Å². The third-order valence-corrected chi connectivity index (χ3v) is 4.07. The minimum absolute atomic E-state index is 0.0193. The van der Waals surface area contributed by atoms with Crippen molar-refractivity contribution in [2.45, 2.75) is 25.3 Å². The molecule has 0 spiro atoms.